The largest absolute Gasteiger partial charge is 0.394 e. The third-order valence-electron chi connectivity index (χ3n) is 5.24. The van der Waals surface area contributed by atoms with Crippen molar-refractivity contribution in [3.63, 3.8) is 0 Å². The Hall–Kier alpha value is -2.01. The second-order valence-corrected chi connectivity index (χ2v) is 7.69. The van der Waals surface area contributed by atoms with Crippen molar-refractivity contribution in [1.82, 2.24) is 0 Å². The highest BCUT2D eigenvalue weighted by molar-refractivity contribution is 5.96. The summed E-state index contributed by atoms with van der Waals surface area (Å²) >= 11 is 0. The van der Waals surface area contributed by atoms with Crippen molar-refractivity contribution >= 4 is 5.78 Å². The molecule has 0 spiro atoms. The van der Waals surface area contributed by atoms with Gasteiger partial charge in [-0.3, -0.25) is 4.79 Å². The molecule has 0 heterocycles. The Morgan fingerprint density at radius 1 is 0.893 bits per heavy atom. The van der Waals surface area contributed by atoms with Crippen molar-refractivity contribution in [3.05, 3.63) is 59.7 Å². The van der Waals surface area contributed by atoms with Crippen LogP contribution in [0.15, 0.2) is 48.5 Å². The first-order chi connectivity index (χ1) is 13.5. The molecule has 152 valence electrons. The molecule has 0 bridgehead atoms. The fourth-order valence-corrected chi connectivity index (χ4v) is 3.27. The van der Waals surface area contributed by atoms with Gasteiger partial charge in [-0.05, 0) is 42.4 Å². The molecule has 0 unspecified atom stereocenters. The summed E-state index contributed by atoms with van der Waals surface area (Å²) in [6, 6.07) is 16.4. The molecule has 0 radical (unpaired) electrons. The number of hydrogen-bond acceptors (Lipinski definition) is 4. The number of aryl methyl sites for hydroxylation is 1. The average Bonchev–Trinajstić information content (AvgIpc) is 2.74. The van der Waals surface area contributed by atoms with E-state index < -0.39 is 5.54 Å². The van der Waals surface area contributed by atoms with Crippen molar-refractivity contribution in [2.75, 3.05) is 13.2 Å². The molecule has 0 atom stereocenters. The minimum absolute atomic E-state index is 0.182. The van der Waals surface area contributed by atoms with E-state index in [4.69, 9.17) is 5.73 Å². The lowest BCUT2D eigenvalue weighted by Crippen LogP contribution is -2.47. The van der Waals surface area contributed by atoms with E-state index in [0.717, 1.165) is 48.8 Å². The lowest BCUT2D eigenvalue weighted by Gasteiger charge is -2.24. The second kappa shape index (κ2) is 11.1. The van der Waals surface area contributed by atoms with Gasteiger partial charge in [0, 0.05) is 12.0 Å². The van der Waals surface area contributed by atoms with Gasteiger partial charge in [0.2, 0.25) is 0 Å². The number of Topliss-reactive ketones (excluding diaryl/α,β-unsaturated/α-hetero) is 1. The molecule has 4 nitrogen and oxygen atoms in total. The van der Waals surface area contributed by atoms with Crippen molar-refractivity contribution in [2.45, 2.75) is 57.4 Å². The number of rotatable bonds is 12. The van der Waals surface area contributed by atoms with E-state index in [9.17, 15) is 15.0 Å². The van der Waals surface area contributed by atoms with Gasteiger partial charge in [0.1, 0.15) is 0 Å². The molecule has 0 amide bonds. The van der Waals surface area contributed by atoms with E-state index >= 15 is 0 Å². The van der Waals surface area contributed by atoms with Crippen molar-refractivity contribution in [1.29, 1.82) is 0 Å². The van der Waals surface area contributed by atoms with E-state index in [1.165, 1.54) is 5.56 Å². The highest BCUT2D eigenvalue weighted by Gasteiger charge is 2.21. The van der Waals surface area contributed by atoms with Gasteiger partial charge in [0.15, 0.2) is 5.78 Å². The molecular formula is C24H33NO3. The van der Waals surface area contributed by atoms with Crippen molar-refractivity contribution in [2.24, 2.45) is 5.73 Å². The van der Waals surface area contributed by atoms with Crippen LogP contribution in [-0.4, -0.2) is 34.7 Å². The van der Waals surface area contributed by atoms with Crippen LogP contribution in [0.1, 0.15) is 61.4 Å². The summed E-state index contributed by atoms with van der Waals surface area (Å²) in [7, 11) is 0. The SMILES string of the molecule is CCCC(=O)c1ccc(-c2ccc(CCCCCC(N)(CO)CO)cc2)cc1. The number of hydrogen-bond donors (Lipinski definition) is 3. The van der Waals surface area contributed by atoms with E-state index in [2.05, 4.69) is 24.3 Å². The number of unbranched alkanes of at least 4 members (excludes halogenated alkanes) is 2. The number of ketones is 1. The quantitative estimate of drug-likeness (QED) is 0.380. The van der Waals surface area contributed by atoms with Crippen LogP contribution in [0.4, 0.5) is 0 Å². The summed E-state index contributed by atoms with van der Waals surface area (Å²) < 4.78 is 0. The Morgan fingerprint density at radius 2 is 1.46 bits per heavy atom. The zero-order valence-corrected chi connectivity index (χ0v) is 16.9. The minimum atomic E-state index is -0.849. The summed E-state index contributed by atoms with van der Waals surface area (Å²) in [5.74, 6) is 0.203. The Bertz CT molecular complexity index is 719. The smallest absolute Gasteiger partial charge is 0.162 e. The van der Waals surface area contributed by atoms with Crippen LogP contribution in [0.25, 0.3) is 11.1 Å². The number of nitrogens with two attached hydrogens (primary N) is 1. The van der Waals surface area contributed by atoms with Crippen LogP contribution in [-0.2, 0) is 6.42 Å². The molecule has 0 saturated carbocycles. The molecule has 4 N–H and O–H groups in total. The van der Waals surface area contributed by atoms with E-state index in [1.54, 1.807) is 0 Å². The fraction of sp³-hybridized carbons (Fsp3) is 0.458. The molecule has 0 aliphatic heterocycles. The topological polar surface area (TPSA) is 83.6 Å². The first kappa shape index (κ1) is 22.3. The van der Waals surface area contributed by atoms with Crippen LogP contribution in [0.3, 0.4) is 0 Å². The van der Waals surface area contributed by atoms with Crippen LogP contribution >= 0.6 is 0 Å². The zero-order valence-electron chi connectivity index (χ0n) is 16.9. The summed E-state index contributed by atoms with van der Waals surface area (Å²) in [5.41, 5.74) is 9.38. The molecule has 0 aliphatic carbocycles. The maximum Gasteiger partial charge on any atom is 0.162 e. The molecule has 0 fully saturated rings. The summed E-state index contributed by atoms with van der Waals surface area (Å²) in [6.45, 7) is 1.65. The molecule has 2 aromatic carbocycles. The molecule has 0 aromatic heterocycles. The van der Waals surface area contributed by atoms with Gasteiger partial charge in [-0.15, -0.1) is 0 Å². The second-order valence-electron chi connectivity index (χ2n) is 7.69. The molecular weight excluding hydrogens is 350 g/mol. The molecule has 2 aromatic rings. The minimum Gasteiger partial charge on any atom is -0.394 e. The van der Waals surface area contributed by atoms with Gasteiger partial charge >= 0.3 is 0 Å². The lowest BCUT2D eigenvalue weighted by atomic mass is 9.94. The maximum absolute atomic E-state index is 11.9. The average molecular weight is 384 g/mol. The van der Waals surface area contributed by atoms with E-state index in [0.29, 0.717) is 12.8 Å². The lowest BCUT2D eigenvalue weighted by molar-refractivity contribution is 0.0981. The highest BCUT2D eigenvalue weighted by atomic mass is 16.3. The third kappa shape index (κ3) is 6.55. The van der Waals surface area contributed by atoms with Gasteiger partial charge in [-0.1, -0.05) is 68.3 Å². The van der Waals surface area contributed by atoms with Gasteiger partial charge in [-0.2, -0.15) is 0 Å². The van der Waals surface area contributed by atoms with Gasteiger partial charge < -0.3 is 15.9 Å². The standard InChI is InChI=1S/C24H33NO3/c1-2-6-23(28)22-14-12-21(13-15-22)20-10-8-19(9-11-20)7-4-3-5-16-24(25,17-26)18-27/h8-15,26-27H,2-7,16-18,25H2,1H3. The Morgan fingerprint density at radius 3 is 2.00 bits per heavy atom. The zero-order chi connectivity index (χ0) is 20.4. The van der Waals surface area contributed by atoms with E-state index in [1.807, 2.05) is 31.2 Å². The van der Waals surface area contributed by atoms with Gasteiger partial charge in [0.25, 0.3) is 0 Å². The maximum atomic E-state index is 11.9. The number of aliphatic hydroxyl groups excluding tert-OH is 2. The molecule has 2 rings (SSSR count). The first-order valence-corrected chi connectivity index (χ1v) is 10.2. The summed E-state index contributed by atoms with van der Waals surface area (Å²) in [5, 5.41) is 18.4. The number of aliphatic hydroxyl groups is 2. The van der Waals surface area contributed by atoms with Gasteiger partial charge in [0.05, 0.1) is 18.8 Å². The first-order valence-electron chi connectivity index (χ1n) is 10.2. The fourth-order valence-electron chi connectivity index (χ4n) is 3.27. The molecule has 0 aliphatic rings. The van der Waals surface area contributed by atoms with Crippen molar-refractivity contribution < 1.29 is 15.0 Å². The monoisotopic (exact) mass is 383 g/mol. The van der Waals surface area contributed by atoms with Gasteiger partial charge in [-0.25, -0.2) is 0 Å². The van der Waals surface area contributed by atoms with Crippen LogP contribution in [0.2, 0.25) is 0 Å². The molecule has 0 saturated heterocycles. The van der Waals surface area contributed by atoms with Crippen LogP contribution < -0.4 is 5.73 Å². The third-order valence-corrected chi connectivity index (χ3v) is 5.24. The summed E-state index contributed by atoms with van der Waals surface area (Å²) in [6.07, 6.45) is 6.09. The Balaban J connectivity index is 1.82. The van der Waals surface area contributed by atoms with E-state index in [-0.39, 0.29) is 19.0 Å². The predicted octanol–water partition coefficient (Wildman–Crippen LogP) is 4.12. The van der Waals surface area contributed by atoms with Crippen molar-refractivity contribution in [3.8, 4) is 11.1 Å². The number of benzene rings is 2. The normalized spacial score (nSPS) is 11.6. The summed E-state index contributed by atoms with van der Waals surface area (Å²) in [4.78, 5) is 11.9. The van der Waals surface area contributed by atoms with Crippen LogP contribution in [0, 0.1) is 0 Å². The number of carbonyl (C=O) groups is 1. The number of carbonyl (C=O) groups excluding carboxylic acids is 1. The van der Waals surface area contributed by atoms with Crippen LogP contribution in [0.5, 0.6) is 0 Å². The highest BCUT2D eigenvalue weighted by Crippen LogP contribution is 2.22. The predicted molar refractivity (Wildman–Crippen MR) is 114 cm³/mol. The Kier molecular flexibility index (Phi) is 8.84. The Labute approximate surface area is 168 Å². The molecule has 4 heteroatoms. The molecule has 28 heavy (non-hydrogen) atoms.